The highest BCUT2D eigenvalue weighted by Gasteiger charge is 2.39. The van der Waals surface area contributed by atoms with Crippen molar-refractivity contribution in [2.45, 2.75) is 71.5 Å². The molecule has 1 fully saturated rings. The fourth-order valence-corrected chi connectivity index (χ4v) is 4.99. The van der Waals surface area contributed by atoms with Crippen LogP contribution in [0.5, 0.6) is 0 Å². The smallest absolute Gasteiger partial charge is 0.268 e. The van der Waals surface area contributed by atoms with E-state index in [1.165, 1.54) is 0 Å². The second kappa shape index (κ2) is 10.1. The van der Waals surface area contributed by atoms with Crippen molar-refractivity contribution >= 4 is 51.8 Å². The minimum absolute atomic E-state index is 0.124. The SMILES string of the molecule is CC(C)(C)CC(NC(=O)c1cc2cc(Cl)cc(Cl)c2[nH]1)C(=O)NC(C#N)CC1CC(C)(C)NC1=O. The third kappa shape index (κ3) is 6.89. The zero-order valence-electron chi connectivity index (χ0n) is 20.5. The Morgan fingerprint density at radius 2 is 1.91 bits per heavy atom. The predicted octanol–water partition coefficient (Wildman–Crippen LogP) is 4.32. The van der Waals surface area contributed by atoms with Crippen LogP contribution >= 0.6 is 23.2 Å². The minimum Gasteiger partial charge on any atom is -0.351 e. The van der Waals surface area contributed by atoms with Crippen LogP contribution in [-0.4, -0.2) is 40.3 Å². The molecule has 8 nitrogen and oxygen atoms in total. The Balaban J connectivity index is 1.75. The normalized spacial score (nSPS) is 19.0. The lowest BCUT2D eigenvalue weighted by atomic mass is 9.87. The summed E-state index contributed by atoms with van der Waals surface area (Å²) in [6.45, 7) is 9.71. The molecule has 1 aliphatic rings. The number of aromatic nitrogens is 1. The number of fused-ring (bicyclic) bond motifs is 1. The van der Waals surface area contributed by atoms with E-state index < -0.39 is 23.9 Å². The molecule has 35 heavy (non-hydrogen) atoms. The number of H-pyrrole nitrogens is 1. The Bertz CT molecular complexity index is 1190. The molecule has 0 radical (unpaired) electrons. The average molecular weight is 520 g/mol. The number of nitrogens with zero attached hydrogens (tertiary/aromatic N) is 1. The van der Waals surface area contributed by atoms with E-state index in [4.69, 9.17) is 23.2 Å². The number of carbonyl (C=O) groups is 3. The molecule has 3 atom stereocenters. The van der Waals surface area contributed by atoms with Crippen LogP contribution in [0.15, 0.2) is 18.2 Å². The van der Waals surface area contributed by atoms with Crippen LogP contribution in [0.4, 0.5) is 0 Å². The van der Waals surface area contributed by atoms with Gasteiger partial charge in [0, 0.05) is 21.9 Å². The van der Waals surface area contributed by atoms with Gasteiger partial charge < -0.3 is 20.9 Å². The van der Waals surface area contributed by atoms with Gasteiger partial charge in [-0.25, -0.2) is 0 Å². The number of halogens is 2. The van der Waals surface area contributed by atoms with Crippen molar-refractivity contribution in [1.29, 1.82) is 5.26 Å². The molecule has 1 aliphatic heterocycles. The predicted molar refractivity (Wildman–Crippen MR) is 136 cm³/mol. The van der Waals surface area contributed by atoms with E-state index in [-0.39, 0.29) is 34.9 Å². The van der Waals surface area contributed by atoms with Gasteiger partial charge in [-0.2, -0.15) is 5.26 Å². The van der Waals surface area contributed by atoms with Crippen molar-refractivity contribution in [2.75, 3.05) is 0 Å². The number of aromatic amines is 1. The molecular weight excluding hydrogens is 489 g/mol. The first-order valence-electron chi connectivity index (χ1n) is 11.5. The second-order valence-electron chi connectivity index (χ2n) is 11.0. The molecule has 0 spiro atoms. The van der Waals surface area contributed by atoms with Crippen molar-refractivity contribution in [1.82, 2.24) is 20.9 Å². The maximum Gasteiger partial charge on any atom is 0.268 e. The van der Waals surface area contributed by atoms with E-state index in [0.717, 1.165) is 0 Å². The number of nitrogens with one attached hydrogen (secondary N) is 4. The fourth-order valence-electron chi connectivity index (χ4n) is 4.43. The number of hydrogen-bond acceptors (Lipinski definition) is 4. The van der Waals surface area contributed by atoms with Gasteiger partial charge in [-0.05, 0) is 56.7 Å². The fraction of sp³-hybridized carbons (Fsp3) is 0.520. The zero-order valence-corrected chi connectivity index (χ0v) is 22.0. The molecule has 2 heterocycles. The Morgan fingerprint density at radius 3 is 2.49 bits per heavy atom. The molecule has 0 aliphatic carbocycles. The number of benzene rings is 1. The number of hydrogen-bond donors (Lipinski definition) is 4. The van der Waals surface area contributed by atoms with Crippen LogP contribution in [0.1, 0.15) is 64.4 Å². The van der Waals surface area contributed by atoms with Crippen LogP contribution in [0.25, 0.3) is 10.9 Å². The van der Waals surface area contributed by atoms with E-state index in [1.54, 1.807) is 18.2 Å². The Morgan fingerprint density at radius 1 is 1.23 bits per heavy atom. The Kier molecular flexibility index (Phi) is 7.73. The van der Waals surface area contributed by atoms with Crippen LogP contribution in [-0.2, 0) is 9.59 Å². The maximum absolute atomic E-state index is 13.2. The molecule has 0 saturated carbocycles. The number of amides is 3. The van der Waals surface area contributed by atoms with Gasteiger partial charge in [0.1, 0.15) is 17.8 Å². The number of nitriles is 1. The summed E-state index contributed by atoms with van der Waals surface area (Å²) in [7, 11) is 0. The van der Waals surface area contributed by atoms with E-state index in [0.29, 0.717) is 33.8 Å². The molecule has 2 aromatic rings. The summed E-state index contributed by atoms with van der Waals surface area (Å²) in [6.07, 6.45) is 1.12. The van der Waals surface area contributed by atoms with Gasteiger partial charge in [0.2, 0.25) is 11.8 Å². The maximum atomic E-state index is 13.2. The van der Waals surface area contributed by atoms with Crippen molar-refractivity contribution in [3.8, 4) is 6.07 Å². The monoisotopic (exact) mass is 519 g/mol. The van der Waals surface area contributed by atoms with Gasteiger partial charge in [-0.15, -0.1) is 0 Å². The lowest BCUT2D eigenvalue weighted by molar-refractivity contribution is -0.125. The lowest BCUT2D eigenvalue weighted by Crippen LogP contribution is -2.51. The van der Waals surface area contributed by atoms with Crippen LogP contribution in [0, 0.1) is 22.7 Å². The topological polar surface area (TPSA) is 127 Å². The van der Waals surface area contributed by atoms with Gasteiger partial charge in [-0.3, -0.25) is 14.4 Å². The summed E-state index contributed by atoms with van der Waals surface area (Å²) in [6, 6.07) is 5.21. The van der Waals surface area contributed by atoms with Crippen LogP contribution in [0.2, 0.25) is 10.0 Å². The lowest BCUT2D eigenvalue weighted by Gasteiger charge is -2.27. The summed E-state index contributed by atoms with van der Waals surface area (Å²) in [5.41, 5.74) is 0.170. The first-order chi connectivity index (χ1) is 16.2. The third-order valence-corrected chi connectivity index (χ3v) is 6.43. The molecule has 0 bridgehead atoms. The summed E-state index contributed by atoms with van der Waals surface area (Å²) in [5.74, 6) is -1.45. The quantitative estimate of drug-likeness (QED) is 0.434. The van der Waals surface area contributed by atoms with Gasteiger partial charge >= 0.3 is 0 Å². The molecule has 1 aromatic heterocycles. The van der Waals surface area contributed by atoms with Crippen molar-refractivity contribution in [2.24, 2.45) is 11.3 Å². The molecule has 10 heteroatoms. The van der Waals surface area contributed by atoms with Crippen molar-refractivity contribution < 1.29 is 14.4 Å². The highest BCUT2D eigenvalue weighted by molar-refractivity contribution is 6.38. The Hall–Kier alpha value is -2.76. The standard InChI is InChI=1S/C25H31Cl2N5O3/c1-24(2,3)11-19(23(35)29-16(12-28)7-14-10-25(4,5)32-21(14)33)31-22(34)18-8-13-6-15(26)9-17(27)20(13)30-18/h6,8-9,14,16,19,30H,7,10-11H2,1-5H3,(H,29,35)(H,31,34)(H,32,33). The van der Waals surface area contributed by atoms with Gasteiger partial charge in [-0.1, -0.05) is 44.0 Å². The van der Waals surface area contributed by atoms with E-state index >= 15 is 0 Å². The molecule has 3 rings (SSSR count). The van der Waals surface area contributed by atoms with Gasteiger partial charge in [0.05, 0.1) is 16.6 Å². The third-order valence-electron chi connectivity index (χ3n) is 5.91. The summed E-state index contributed by atoms with van der Waals surface area (Å²) >= 11 is 12.3. The highest BCUT2D eigenvalue weighted by atomic mass is 35.5. The average Bonchev–Trinajstić information content (AvgIpc) is 3.25. The minimum atomic E-state index is -0.891. The van der Waals surface area contributed by atoms with Crippen molar-refractivity contribution in [3.63, 3.8) is 0 Å². The van der Waals surface area contributed by atoms with E-state index in [9.17, 15) is 19.6 Å². The van der Waals surface area contributed by atoms with Gasteiger partial charge in [0.15, 0.2) is 0 Å². The van der Waals surface area contributed by atoms with Gasteiger partial charge in [0.25, 0.3) is 5.91 Å². The molecule has 1 aromatic carbocycles. The largest absolute Gasteiger partial charge is 0.351 e. The summed E-state index contributed by atoms with van der Waals surface area (Å²) in [4.78, 5) is 41.5. The highest BCUT2D eigenvalue weighted by Crippen LogP contribution is 2.29. The molecule has 3 amide bonds. The molecule has 188 valence electrons. The molecule has 1 saturated heterocycles. The van der Waals surface area contributed by atoms with E-state index in [2.05, 4.69) is 27.0 Å². The molecular formula is C25H31Cl2N5O3. The molecule has 3 unspecified atom stereocenters. The second-order valence-corrected chi connectivity index (χ2v) is 11.9. The van der Waals surface area contributed by atoms with Crippen LogP contribution in [0.3, 0.4) is 0 Å². The first kappa shape index (κ1) is 26.8. The summed E-state index contributed by atoms with van der Waals surface area (Å²) < 4.78 is 0. The summed E-state index contributed by atoms with van der Waals surface area (Å²) in [5, 5.41) is 19.5. The van der Waals surface area contributed by atoms with Crippen LogP contribution < -0.4 is 16.0 Å². The first-order valence-corrected chi connectivity index (χ1v) is 12.2. The zero-order chi connectivity index (χ0) is 26.1. The number of rotatable bonds is 7. The number of carbonyl (C=O) groups excluding carboxylic acids is 3. The van der Waals surface area contributed by atoms with Crippen molar-refractivity contribution in [3.05, 3.63) is 33.9 Å². The molecule has 4 N–H and O–H groups in total. The Labute approximate surface area is 215 Å². The van der Waals surface area contributed by atoms with E-state index in [1.807, 2.05) is 34.6 Å².